The first kappa shape index (κ1) is 18.5. The molecule has 0 unspecified atom stereocenters. The molecular formula is C21H23ClN2O2. The van der Waals surface area contributed by atoms with Crippen LogP contribution in [-0.4, -0.2) is 18.4 Å². The quantitative estimate of drug-likeness (QED) is 0.818. The summed E-state index contributed by atoms with van der Waals surface area (Å²) in [6.45, 7) is 4.73. The molecule has 136 valence electrons. The standard InChI is InChI=1S/C21H23ClN2O2/c1-3-14(2)15-4-8-18(9-5-15)23-21(26)16-12-20(25)24(13-16)19-10-6-17(22)7-11-19/h4-11,14,16H,3,12-13H2,1-2H3,(H,23,26)/t14-,16-/m1/s1. The van der Waals surface area contributed by atoms with Crippen molar-refractivity contribution in [2.75, 3.05) is 16.8 Å². The van der Waals surface area contributed by atoms with E-state index in [1.165, 1.54) is 5.56 Å². The predicted molar refractivity (Wildman–Crippen MR) is 106 cm³/mol. The lowest BCUT2D eigenvalue weighted by Crippen LogP contribution is -2.28. The first-order valence-electron chi connectivity index (χ1n) is 8.94. The smallest absolute Gasteiger partial charge is 0.229 e. The molecule has 2 atom stereocenters. The lowest BCUT2D eigenvalue weighted by molar-refractivity contribution is -0.122. The summed E-state index contributed by atoms with van der Waals surface area (Å²) in [5, 5.41) is 3.55. The van der Waals surface area contributed by atoms with Gasteiger partial charge in [-0.3, -0.25) is 9.59 Å². The van der Waals surface area contributed by atoms with Crippen molar-refractivity contribution >= 4 is 34.8 Å². The van der Waals surface area contributed by atoms with Crippen molar-refractivity contribution in [1.82, 2.24) is 0 Å². The molecule has 0 bridgehead atoms. The number of carbonyl (C=O) groups is 2. The number of benzene rings is 2. The predicted octanol–water partition coefficient (Wildman–Crippen LogP) is 4.85. The molecule has 1 fully saturated rings. The fourth-order valence-electron chi connectivity index (χ4n) is 3.13. The van der Waals surface area contributed by atoms with E-state index in [1.807, 2.05) is 24.3 Å². The van der Waals surface area contributed by atoms with Crippen molar-refractivity contribution < 1.29 is 9.59 Å². The number of halogens is 1. The second-order valence-corrected chi connectivity index (χ2v) is 7.24. The number of hydrogen-bond acceptors (Lipinski definition) is 2. The van der Waals surface area contributed by atoms with Crippen LogP contribution < -0.4 is 10.2 Å². The van der Waals surface area contributed by atoms with Gasteiger partial charge >= 0.3 is 0 Å². The van der Waals surface area contributed by atoms with E-state index in [1.54, 1.807) is 29.2 Å². The third kappa shape index (κ3) is 4.07. The maximum Gasteiger partial charge on any atom is 0.229 e. The van der Waals surface area contributed by atoms with E-state index in [2.05, 4.69) is 19.2 Å². The highest BCUT2D eigenvalue weighted by Gasteiger charge is 2.35. The first-order chi connectivity index (χ1) is 12.5. The maximum atomic E-state index is 12.6. The number of rotatable bonds is 5. The molecule has 2 amide bonds. The normalized spacial score (nSPS) is 18.0. The molecular weight excluding hydrogens is 348 g/mol. The van der Waals surface area contributed by atoms with Gasteiger partial charge in [0.2, 0.25) is 11.8 Å². The average Bonchev–Trinajstić information content (AvgIpc) is 3.04. The van der Waals surface area contributed by atoms with Crippen molar-refractivity contribution in [1.29, 1.82) is 0 Å². The zero-order valence-electron chi connectivity index (χ0n) is 15.0. The third-order valence-electron chi connectivity index (χ3n) is 4.99. The van der Waals surface area contributed by atoms with Gasteiger partial charge in [0.05, 0.1) is 5.92 Å². The molecule has 2 aromatic rings. The number of nitrogens with one attached hydrogen (secondary N) is 1. The monoisotopic (exact) mass is 370 g/mol. The highest BCUT2D eigenvalue weighted by atomic mass is 35.5. The second kappa shape index (κ2) is 7.92. The van der Waals surface area contributed by atoms with E-state index in [4.69, 9.17) is 11.6 Å². The molecule has 0 radical (unpaired) electrons. The van der Waals surface area contributed by atoms with Gasteiger partial charge in [0, 0.05) is 29.4 Å². The van der Waals surface area contributed by atoms with Crippen LogP contribution >= 0.6 is 11.6 Å². The Bertz CT molecular complexity index is 787. The van der Waals surface area contributed by atoms with E-state index < -0.39 is 0 Å². The summed E-state index contributed by atoms with van der Waals surface area (Å²) in [4.78, 5) is 26.5. The van der Waals surface area contributed by atoms with Crippen LogP contribution in [0.25, 0.3) is 0 Å². The Hall–Kier alpha value is -2.33. The SMILES string of the molecule is CC[C@@H](C)c1ccc(NC(=O)[C@@H]2CC(=O)N(c3ccc(Cl)cc3)C2)cc1. The highest BCUT2D eigenvalue weighted by Crippen LogP contribution is 2.27. The molecule has 5 heteroatoms. The Kier molecular flexibility index (Phi) is 5.62. The lowest BCUT2D eigenvalue weighted by Gasteiger charge is -2.17. The maximum absolute atomic E-state index is 12.6. The van der Waals surface area contributed by atoms with Crippen LogP contribution in [0.2, 0.25) is 5.02 Å². The number of carbonyl (C=O) groups excluding carboxylic acids is 2. The van der Waals surface area contributed by atoms with Gasteiger partial charge in [0.25, 0.3) is 0 Å². The van der Waals surface area contributed by atoms with Crippen LogP contribution in [0.5, 0.6) is 0 Å². The molecule has 4 nitrogen and oxygen atoms in total. The molecule has 0 spiro atoms. The summed E-state index contributed by atoms with van der Waals surface area (Å²) < 4.78 is 0. The summed E-state index contributed by atoms with van der Waals surface area (Å²) in [6, 6.07) is 15.0. The molecule has 2 aromatic carbocycles. The molecule has 3 rings (SSSR count). The van der Waals surface area contributed by atoms with Crippen molar-refractivity contribution in [3.63, 3.8) is 0 Å². The number of amides is 2. The van der Waals surface area contributed by atoms with Crippen molar-refractivity contribution in [3.8, 4) is 0 Å². The molecule has 1 heterocycles. The van der Waals surface area contributed by atoms with Gasteiger partial charge in [0.1, 0.15) is 0 Å². The van der Waals surface area contributed by atoms with Gasteiger partial charge in [-0.25, -0.2) is 0 Å². The molecule has 1 saturated heterocycles. The Morgan fingerprint density at radius 1 is 1.19 bits per heavy atom. The highest BCUT2D eigenvalue weighted by molar-refractivity contribution is 6.30. The molecule has 0 aromatic heterocycles. The van der Waals surface area contributed by atoms with E-state index >= 15 is 0 Å². The largest absolute Gasteiger partial charge is 0.326 e. The summed E-state index contributed by atoms with van der Waals surface area (Å²) in [5.41, 5.74) is 2.79. The van der Waals surface area contributed by atoms with Crippen LogP contribution in [-0.2, 0) is 9.59 Å². The molecule has 0 saturated carbocycles. The van der Waals surface area contributed by atoms with E-state index in [0.717, 1.165) is 17.8 Å². The number of hydrogen-bond donors (Lipinski definition) is 1. The van der Waals surface area contributed by atoms with E-state index in [-0.39, 0.29) is 24.2 Å². The Morgan fingerprint density at radius 3 is 2.46 bits per heavy atom. The van der Waals surface area contributed by atoms with Crippen LogP contribution in [0.4, 0.5) is 11.4 Å². The summed E-state index contributed by atoms with van der Waals surface area (Å²) >= 11 is 5.90. The van der Waals surface area contributed by atoms with Gasteiger partial charge in [0.15, 0.2) is 0 Å². The van der Waals surface area contributed by atoms with Gasteiger partial charge in [-0.1, -0.05) is 37.6 Å². The van der Waals surface area contributed by atoms with Gasteiger partial charge in [-0.2, -0.15) is 0 Å². The Morgan fingerprint density at radius 2 is 1.85 bits per heavy atom. The number of nitrogens with zero attached hydrogens (tertiary/aromatic N) is 1. The van der Waals surface area contributed by atoms with Crippen LogP contribution in [0.15, 0.2) is 48.5 Å². The molecule has 1 aliphatic heterocycles. The molecule has 26 heavy (non-hydrogen) atoms. The molecule has 0 aliphatic carbocycles. The van der Waals surface area contributed by atoms with Crippen LogP contribution in [0.3, 0.4) is 0 Å². The Labute approximate surface area is 159 Å². The summed E-state index contributed by atoms with van der Waals surface area (Å²) in [7, 11) is 0. The number of anilines is 2. The van der Waals surface area contributed by atoms with Gasteiger partial charge in [-0.15, -0.1) is 0 Å². The van der Waals surface area contributed by atoms with Crippen LogP contribution in [0.1, 0.15) is 38.2 Å². The fourth-order valence-corrected chi connectivity index (χ4v) is 3.25. The summed E-state index contributed by atoms with van der Waals surface area (Å²) in [6.07, 6.45) is 1.30. The zero-order valence-corrected chi connectivity index (χ0v) is 15.8. The summed E-state index contributed by atoms with van der Waals surface area (Å²) in [5.74, 6) is -0.0155. The second-order valence-electron chi connectivity index (χ2n) is 6.80. The Balaban J connectivity index is 1.63. The van der Waals surface area contributed by atoms with Crippen LogP contribution in [0, 0.1) is 5.92 Å². The minimum atomic E-state index is -0.354. The lowest BCUT2D eigenvalue weighted by atomic mass is 9.98. The van der Waals surface area contributed by atoms with Gasteiger partial charge < -0.3 is 10.2 Å². The van der Waals surface area contributed by atoms with E-state index in [9.17, 15) is 9.59 Å². The average molecular weight is 371 g/mol. The van der Waals surface area contributed by atoms with Crippen molar-refractivity contribution in [3.05, 3.63) is 59.1 Å². The zero-order chi connectivity index (χ0) is 18.7. The third-order valence-corrected chi connectivity index (χ3v) is 5.25. The van der Waals surface area contributed by atoms with Gasteiger partial charge in [-0.05, 0) is 54.3 Å². The topological polar surface area (TPSA) is 49.4 Å². The minimum absolute atomic E-state index is 0.0420. The van der Waals surface area contributed by atoms with Crippen molar-refractivity contribution in [2.24, 2.45) is 5.92 Å². The van der Waals surface area contributed by atoms with Crippen molar-refractivity contribution in [2.45, 2.75) is 32.6 Å². The molecule has 1 aliphatic rings. The molecule has 1 N–H and O–H groups in total. The van der Waals surface area contributed by atoms with E-state index in [0.29, 0.717) is 17.5 Å². The minimum Gasteiger partial charge on any atom is -0.326 e. The first-order valence-corrected chi connectivity index (χ1v) is 9.32. The fraction of sp³-hybridized carbons (Fsp3) is 0.333.